The van der Waals surface area contributed by atoms with Gasteiger partial charge in [0.05, 0.1) is 11.9 Å². The number of anilines is 1. The molecule has 132 valence electrons. The maximum atomic E-state index is 4.29. The summed E-state index contributed by atoms with van der Waals surface area (Å²) >= 11 is 0. The van der Waals surface area contributed by atoms with E-state index in [0.29, 0.717) is 0 Å². The molecule has 0 aliphatic carbocycles. The van der Waals surface area contributed by atoms with E-state index in [1.165, 1.54) is 44.7 Å². The van der Waals surface area contributed by atoms with Gasteiger partial charge in [-0.05, 0) is 49.7 Å². The summed E-state index contributed by atoms with van der Waals surface area (Å²) in [6.45, 7) is 6.02. The van der Waals surface area contributed by atoms with Crippen molar-refractivity contribution in [2.75, 3.05) is 45.2 Å². The Bertz CT molecular complexity index is 643. The predicted octanol–water partition coefficient (Wildman–Crippen LogP) is 3.31. The smallest absolute Gasteiger partial charge is 0.0561 e. The minimum atomic E-state index is 0.999. The lowest BCUT2D eigenvalue weighted by atomic mass is 10.1. The highest BCUT2D eigenvalue weighted by Gasteiger charge is 2.12. The molecular weight excluding hydrogens is 308 g/mol. The van der Waals surface area contributed by atoms with E-state index in [4.69, 9.17) is 0 Å². The molecule has 0 atom stereocenters. The van der Waals surface area contributed by atoms with Crippen LogP contribution < -0.4 is 5.43 Å². The molecule has 1 heterocycles. The first-order chi connectivity index (χ1) is 12.3. The maximum Gasteiger partial charge on any atom is 0.0561 e. The van der Waals surface area contributed by atoms with E-state index >= 15 is 0 Å². The van der Waals surface area contributed by atoms with Crippen LogP contribution in [0.25, 0.3) is 0 Å². The third-order valence-electron chi connectivity index (χ3n) is 4.70. The lowest BCUT2D eigenvalue weighted by Crippen LogP contribution is -2.44. The van der Waals surface area contributed by atoms with Crippen LogP contribution in [0.5, 0.6) is 0 Å². The van der Waals surface area contributed by atoms with Gasteiger partial charge in [0.2, 0.25) is 0 Å². The Morgan fingerprint density at radius 2 is 1.68 bits per heavy atom. The van der Waals surface area contributed by atoms with E-state index < -0.39 is 0 Å². The Labute approximate surface area is 151 Å². The first-order valence-corrected chi connectivity index (χ1v) is 9.13. The van der Waals surface area contributed by atoms with Crippen LogP contribution in [-0.2, 0) is 6.42 Å². The lowest BCUT2D eigenvalue weighted by molar-refractivity contribution is 0.153. The molecule has 3 rings (SSSR count). The molecule has 1 N–H and O–H groups in total. The fourth-order valence-electron chi connectivity index (χ4n) is 3.04. The third-order valence-corrected chi connectivity index (χ3v) is 4.70. The second kappa shape index (κ2) is 9.35. The molecule has 0 radical (unpaired) electrons. The van der Waals surface area contributed by atoms with Crippen molar-refractivity contribution in [2.45, 2.75) is 12.8 Å². The molecule has 1 fully saturated rings. The van der Waals surface area contributed by atoms with Crippen molar-refractivity contribution < 1.29 is 0 Å². The van der Waals surface area contributed by atoms with Gasteiger partial charge < -0.3 is 9.80 Å². The number of nitrogens with zero attached hydrogens (tertiary/aromatic N) is 3. The van der Waals surface area contributed by atoms with Crippen LogP contribution in [0.15, 0.2) is 59.7 Å². The van der Waals surface area contributed by atoms with Crippen molar-refractivity contribution >= 4 is 11.9 Å². The van der Waals surface area contributed by atoms with Gasteiger partial charge >= 0.3 is 0 Å². The minimum Gasteiger partial charge on any atom is -0.304 e. The molecule has 0 unspecified atom stereocenters. The van der Waals surface area contributed by atoms with E-state index in [0.717, 1.165) is 17.7 Å². The van der Waals surface area contributed by atoms with Crippen molar-refractivity contribution in [1.29, 1.82) is 0 Å². The number of hydrazone groups is 1. The zero-order valence-corrected chi connectivity index (χ0v) is 15.1. The van der Waals surface area contributed by atoms with Crippen molar-refractivity contribution in [3.63, 3.8) is 0 Å². The van der Waals surface area contributed by atoms with E-state index in [1.54, 1.807) is 0 Å². The summed E-state index contributed by atoms with van der Waals surface area (Å²) < 4.78 is 0. The first-order valence-electron chi connectivity index (χ1n) is 9.13. The molecule has 4 heteroatoms. The van der Waals surface area contributed by atoms with Gasteiger partial charge in [0.25, 0.3) is 0 Å². The van der Waals surface area contributed by atoms with E-state index in [1.807, 2.05) is 36.5 Å². The highest BCUT2D eigenvalue weighted by atomic mass is 15.3. The Balaban J connectivity index is 1.39. The molecule has 0 spiro atoms. The summed E-state index contributed by atoms with van der Waals surface area (Å²) in [6.07, 6.45) is 4.24. The molecule has 0 amide bonds. The highest BCUT2D eigenvalue weighted by Crippen LogP contribution is 2.08. The molecule has 1 saturated heterocycles. The molecule has 1 aliphatic heterocycles. The number of para-hydroxylation sites is 1. The van der Waals surface area contributed by atoms with Gasteiger partial charge in [-0.1, -0.05) is 42.5 Å². The SMILES string of the molecule is CN1CCN(CCCc2ccc(/C=N/Nc3ccccc3)cc2)CC1. The Hall–Kier alpha value is -2.17. The van der Waals surface area contributed by atoms with Crippen molar-refractivity contribution in [3.8, 4) is 0 Å². The summed E-state index contributed by atoms with van der Waals surface area (Å²) in [5.41, 5.74) is 6.56. The summed E-state index contributed by atoms with van der Waals surface area (Å²) in [7, 11) is 2.21. The van der Waals surface area contributed by atoms with Crippen molar-refractivity contribution in [2.24, 2.45) is 5.10 Å². The zero-order chi connectivity index (χ0) is 17.3. The molecule has 0 aromatic heterocycles. The number of rotatable bonds is 7. The second-order valence-corrected chi connectivity index (χ2v) is 6.73. The number of hydrogen-bond donors (Lipinski definition) is 1. The third kappa shape index (κ3) is 6.00. The van der Waals surface area contributed by atoms with Crippen LogP contribution in [0.1, 0.15) is 17.5 Å². The van der Waals surface area contributed by atoms with Crippen LogP contribution in [-0.4, -0.2) is 55.8 Å². The number of aryl methyl sites for hydroxylation is 1. The van der Waals surface area contributed by atoms with Crippen molar-refractivity contribution in [3.05, 3.63) is 65.7 Å². The molecule has 1 aliphatic rings. The van der Waals surface area contributed by atoms with Gasteiger partial charge in [-0.25, -0.2) is 0 Å². The fourth-order valence-corrected chi connectivity index (χ4v) is 3.04. The summed E-state index contributed by atoms with van der Waals surface area (Å²) in [5, 5.41) is 4.29. The van der Waals surface area contributed by atoms with Gasteiger partial charge in [0, 0.05) is 26.2 Å². The molecule has 0 bridgehead atoms. The van der Waals surface area contributed by atoms with Crippen LogP contribution in [0, 0.1) is 0 Å². The average Bonchev–Trinajstić information content (AvgIpc) is 2.66. The number of likely N-dealkylation sites (N-methyl/N-ethyl adjacent to an activating group) is 1. The molecule has 2 aromatic carbocycles. The van der Waals surface area contributed by atoms with Gasteiger partial charge in [-0.2, -0.15) is 5.10 Å². The summed E-state index contributed by atoms with van der Waals surface area (Å²) in [5.74, 6) is 0. The van der Waals surface area contributed by atoms with Crippen molar-refractivity contribution in [1.82, 2.24) is 9.80 Å². The maximum absolute atomic E-state index is 4.29. The predicted molar refractivity (Wildman–Crippen MR) is 106 cm³/mol. The highest BCUT2D eigenvalue weighted by molar-refractivity contribution is 5.80. The van der Waals surface area contributed by atoms with Gasteiger partial charge in [0.1, 0.15) is 0 Å². The molecule has 2 aromatic rings. The number of nitrogens with one attached hydrogen (secondary N) is 1. The largest absolute Gasteiger partial charge is 0.304 e. The Kier molecular flexibility index (Phi) is 6.60. The normalized spacial score (nSPS) is 16.4. The van der Waals surface area contributed by atoms with E-state index in [2.05, 4.69) is 51.6 Å². The van der Waals surface area contributed by atoms with Crippen LogP contribution in [0.4, 0.5) is 5.69 Å². The second-order valence-electron chi connectivity index (χ2n) is 6.73. The van der Waals surface area contributed by atoms with Crippen LogP contribution in [0.2, 0.25) is 0 Å². The van der Waals surface area contributed by atoms with Gasteiger partial charge in [0.15, 0.2) is 0 Å². The summed E-state index contributed by atoms with van der Waals surface area (Å²) in [4.78, 5) is 4.99. The number of benzene rings is 2. The van der Waals surface area contributed by atoms with E-state index in [9.17, 15) is 0 Å². The van der Waals surface area contributed by atoms with Crippen LogP contribution in [0.3, 0.4) is 0 Å². The molecule has 4 nitrogen and oxygen atoms in total. The topological polar surface area (TPSA) is 30.9 Å². The van der Waals surface area contributed by atoms with Gasteiger partial charge in [-0.15, -0.1) is 0 Å². The Morgan fingerprint density at radius 3 is 2.40 bits per heavy atom. The monoisotopic (exact) mass is 336 g/mol. The minimum absolute atomic E-state index is 0.999. The summed E-state index contributed by atoms with van der Waals surface area (Å²) in [6, 6.07) is 18.7. The number of piperazine rings is 1. The fraction of sp³-hybridized carbons (Fsp3) is 0.381. The zero-order valence-electron chi connectivity index (χ0n) is 15.1. The van der Waals surface area contributed by atoms with E-state index in [-0.39, 0.29) is 0 Å². The van der Waals surface area contributed by atoms with Gasteiger partial charge in [-0.3, -0.25) is 5.43 Å². The molecule has 0 saturated carbocycles. The molecule has 25 heavy (non-hydrogen) atoms. The first kappa shape index (κ1) is 17.6. The number of hydrogen-bond acceptors (Lipinski definition) is 4. The standard InChI is InChI=1S/C21H28N4/c1-24-14-16-25(17-15-24)13-5-6-19-9-11-20(12-10-19)18-22-23-21-7-3-2-4-8-21/h2-4,7-12,18,23H,5-6,13-17H2,1H3/b22-18+. The average molecular weight is 336 g/mol. The lowest BCUT2D eigenvalue weighted by Gasteiger charge is -2.32. The quantitative estimate of drug-likeness (QED) is 0.622. The Morgan fingerprint density at radius 1 is 0.960 bits per heavy atom. The van der Waals surface area contributed by atoms with Crippen LogP contribution >= 0.6 is 0 Å². The molecular formula is C21H28N4.